The summed E-state index contributed by atoms with van der Waals surface area (Å²) in [6.07, 6.45) is 1.34. The lowest BCUT2D eigenvalue weighted by atomic mass is 10.1. The number of carbonyl (C=O) groups excluding carboxylic acids is 1. The third kappa shape index (κ3) is 2.45. The molecule has 1 N–H and O–H groups in total. The van der Waals surface area contributed by atoms with E-state index >= 15 is 0 Å². The molecule has 1 amide bonds. The van der Waals surface area contributed by atoms with Gasteiger partial charge >= 0.3 is 0 Å². The van der Waals surface area contributed by atoms with Crippen LogP contribution in [0.3, 0.4) is 0 Å². The van der Waals surface area contributed by atoms with E-state index < -0.39 is 5.54 Å². The lowest BCUT2D eigenvalue weighted by Gasteiger charge is -2.30. The second-order valence-electron chi connectivity index (χ2n) is 6.42. The molecule has 4 nitrogen and oxygen atoms in total. The molecular weight excluding hydrogens is 269 g/mol. The molecule has 5 heteroatoms. The van der Waals surface area contributed by atoms with Gasteiger partial charge in [0.2, 0.25) is 5.91 Å². The number of halogens is 1. The average molecular weight is 291 g/mol. The zero-order chi connectivity index (χ0) is 15.2. The molecule has 2 fully saturated rings. The summed E-state index contributed by atoms with van der Waals surface area (Å²) in [5.74, 6) is -0.146. The van der Waals surface area contributed by atoms with Crippen molar-refractivity contribution < 1.29 is 9.18 Å². The van der Waals surface area contributed by atoms with E-state index in [9.17, 15) is 9.18 Å². The predicted molar refractivity (Wildman–Crippen MR) is 79.1 cm³/mol. The number of hydrogen-bond donors (Lipinski definition) is 1. The standard InChI is InChI=1S/C16H22FN3O/c1-11(19(2)3)10-20-14(12-6-4-5-7-13(12)17)18-16(8-9-16)15(20)21/h4-7,11,14,18H,8-10H2,1-3H3. The largest absolute Gasteiger partial charge is 0.320 e. The highest BCUT2D eigenvalue weighted by Gasteiger charge is 2.59. The first-order chi connectivity index (χ1) is 9.94. The molecule has 21 heavy (non-hydrogen) atoms. The van der Waals surface area contributed by atoms with Crippen LogP contribution in [0.2, 0.25) is 0 Å². The van der Waals surface area contributed by atoms with Crippen molar-refractivity contribution in [2.45, 2.75) is 37.5 Å². The molecule has 0 aromatic heterocycles. The van der Waals surface area contributed by atoms with Crippen LogP contribution in [0.1, 0.15) is 31.5 Å². The topological polar surface area (TPSA) is 35.6 Å². The van der Waals surface area contributed by atoms with E-state index in [-0.39, 0.29) is 23.9 Å². The normalized spacial score (nSPS) is 24.9. The Balaban J connectivity index is 1.90. The zero-order valence-electron chi connectivity index (χ0n) is 12.8. The van der Waals surface area contributed by atoms with E-state index in [0.29, 0.717) is 12.1 Å². The second-order valence-corrected chi connectivity index (χ2v) is 6.42. The number of hydrogen-bond acceptors (Lipinski definition) is 3. The minimum absolute atomic E-state index is 0.115. The Morgan fingerprint density at radius 2 is 2.10 bits per heavy atom. The fraction of sp³-hybridized carbons (Fsp3) is 0.562. The van der Waals surface area contributed by atoms with E-state index in [1.165, 1.54) is 6.07 Å². The summed E-state index contributed by atoms with van der Waals surface area (Å²) in [7, 11) is 3.98. The Bertz CT molecular complexity index is 556. The molecule has 1 aromatic carbocycles. The lowest BCUT2D eigenvalue weighted by Crippen LogP contribution is -2.42. The summed E-state index contributed by atoms with van der Waals surface area (Å²) in [6, 6.07) is 6.92. The number of amides is 1. The number of benzene rings is 1. The molecule has 0 radical (unpaired) electrons. The molecule has 1 aromatic rings. The smallest absolute Gasteiger partial charge is 0.244 e. The highest BCUT2D eigenvalue weighted by Crippen LogP contribution is 2.46. The summed E-state index contributed by atoms with van der Waals surface area (Å²) < 4.78 is 14.1. The maximum atomic E-state index is 14.1. The number of rotatable bonds is 4. The van der Waals surface area contributed by atoms with Crippen molar-refractivity contribution in [2.75, 3.05) is 20.6 Å². The van der Waals surface area contributed by atoms with Gasteiger partial charge in [0.25, 0.3) is 0 Å². The molecule has 1 saturated carbocycles. The molecule has 1 aliphatic carbocycles. The Labute approximate surface area is 124 Å². The predicted octanol–water partition coefficient (Wildman–Crippen LogP) is 1.74. The van der Waals surface area contributed by atoms with Crippen LogP contribution < -0.4 is 5.32 Å². The van der Waals surface area contributed by atoms with Gasteiger partial charge in [0.15, 0.2) is 0 Å². The fourth-order valence-corrected chi connectivity index (χ4v) is 2.86. The van der Waals surface area contributed by atoms with Crippen molar-refractivity contribution in [1.82, 2.24) is 15.1 Å². The van der Waals surface area contributed by atoms with Crippen molar-refractivity contribution in [3.05, 3.63) is 35.6 Å². The molecule has 1 saturated heterocycles. The first kappa shape index (κ1) is 14.5. The van der Waals surface area contributed by atoms with Crippen LogP contribution in [0.15, 0.2) is 24.3 Å². The maximum absolute atomic E-state index is 14.1. The van der Waals surface area contributed by atoms with Gasteiger partial charge in [-0.25, -0.2) is 4.39 Å². The lowest BCUT2D eigenvalue weighted by molar-refractivity contribution is -0.131. The van der Waals surface area contributed by atoms with Crippen molar-refractivity contribution in [1.29, 1.82) is 0 Å². The van der Waals surface area contributed by atoms with Crippen LogP contribution in [0.25, 0.3) is 0 Å². The summed E-state index contributed by atoms with van der Waals surface area (Å²) in [5, 5.41) is 3.36. The van der Waals surface area contributed by atoms with Crippen LogP contribution in [-0.2, 0) is 4.79 Å². The summed E-state index contributed by atoms with van der Waals surface area (Å²) in [4.78, 5) is 16.5. The van der Waals surface area contributed by atoms with Gasteiger partial charge in [0, 0.05) is 18.2 Å². The third-order valence-corrected chi connectivity index (χ3v) is 4.69. The van der Waals surface area contributed by atoms with Crippen LogP contribution in [0.5, 0.6) is 0 Å². The van der Waals surface area contributed by atoms with Gasteiger partial charge in [-0.3, -0.25) is 10.1 Å². The molecule has 1 spiro atoms. The Morgan fingerprint density at radius 1 is 1.43 bits per heavy atom. The van der Waals surface area contributed by atoms with Gasteiger partial charge < -0.3 is 9.80 Å². The molecule has 3 rings (SSSR count). The number of likely N-dealkylation sites (N-methyl/N-ethyl adjacent to an activating group) is 1. The Kier molecular flexibility index (Phi) is 3.50. The maximum Gasteiger partial charge on any atom is 0.244 e. The fourth-order valence-electron chi connectivity index (χ4n) is 2.86. The van der Waals surface area contributed by atoms with Crippen LogP contribution in [0.4, 0.5) is 4.39 Å². The van der Waals surface area contributed by atoms with Crippen LogP contribution >= 0.6 is 0 Å². The summed E-state index contributed by atoms with van der Waals surface area (Å²) in [6.45, 7) is 2.67. The Hall–Kier alpha value is -1.46. The first-order valence-corrected chi connectivity index (χ1v) is 7.44. The minimum atomic E-state index is -0.432. The number of carbonyl (C=O) groups is 1. The molecule has 2 atom stereocenters. The quantitative estimate of drug-likeness (QED) is 0.918. The molecule has 1 heterocycles. The summed E-state index contributed by atoms with van der Waals surface area (Å²) in [5.41, 5.74) is 0.125. The van der Waals surface area contributed by atoms with E-state index in [1.54, 1.807) is 17.0 Å². The molecule has 2 aliphatic rings. The van der Waals surface area contributed by atoms with E-state index in [0.717, 1.165) is 12.8 Å². The SMILES string of the molecule is CC(CN1C(=O)C2(CC2)NC1c1ccccc1F)N(C)C. The third-order valence-electron chi connectivity index (χ3n) is 4.69. The molecule has 2 unspecified atom stereocenters. The van der Waals surface area contributed by atoms with E-state index in [4.69, 9.17) is 0 Å². The van der Waals surface area contributed by atoms with Crippen molar-refractivity contribution >= 4 is 5.91 Å². The number of nitrogens with zero attached hydrogens (tertiary/aromatic N) is 2. The zero-order valence-corrected chi connectivity index (χ0v) is 12.8. The van der Waals surface area contributed by atoms with Gasteiger partial charge in [-0.15, -0.1) is 0 Å². The second kappa shape index (κ2) is 5.07. The Morgan fingerprint density at radius 3 is 2.67 bits per heavy atom. The molecule has 1 aliphatic heterocycles. The van der Waals surface area contributed by atoms with Crippen molar-refractivity contribution in [3.8, 4) is 0 Å². The van der Waals surface area contributed by atoms with Crippen molar-refractivity contribution in [3.63, 3.8) is 0 Å². The van der Waals surface area contributed by atoms with Gasteiger partial charge in [-0.1, -0.05) is 18.2 Å². The van der Waals surface area contributed by atoms with Gasteiger partial charge in [0.1, 0.15) is 17.5 Å². The molecule has 114 valence electrons. The number of nitrogens with one attached hydrogen (secondary N) is 1. The van der Waals surface area contributed by atoms with Crippen LogP contribution in [0, 0.1) is 5.82 Å². The molecule has 0 bridgehead atoms. The van der Waals surface area contributed by atoms with Crippen LogP contribution in [-0.4, -0.2) is 47.9 Å². The van der Waals surface area contributed by atoms with Crippen molar-refractivity contribution in [2.24, 2.45) is 0 Å². The van der Waals surface area contributed by atoms with Gasteiger partial charge in [-0.2, -0.15) is 0 Å². The highest BCUT2D eigenvalue weighted by molar-refractivity contribution is 5.92. The average Bonchev–Trinajstić information content (AvgIpc) is 3.18. The van der Waals surface area contributed by atoms with E-state index in [1.807, 2.05) is 20.2 Å². The minimum Gasteiger partial charge on any atom is -0.320 e. The van der Waals surface area contributed by atoms with E-state index in [2.05, 4.69) is 17.1 Å². The highest BCUT2D eigenvalue weighted by atomic mass is 19.1. The monoisotopic (exact) mass is 291 g/mol. The van der Waals surface area contributed by atoms with Gasteiger partial charge in [-0.05, 0) is 39.9 Å². The van der Waals surface area contributed by atoms with Gasteiger partial charge in [0.05, 0.1) is 0 Å². The molecular formula is C16H22FN3O. The summed E-state index contributed by atoms with van der Waals surface area (Å²) >= 11 is 0. The first-order valence-electron chi connectivity index (χ1n) is 7.44.